The van der Waals surface area contributed by atoms with Crippen molar-refractivity contribution in [1.29, 1.82) is 5.26 Å². The van der Waals surface area contributed by atoms with Crippen LogP contribution in [0, 0.1) is 16.7 Å². The van der Waals surface area contributed by atoms with Crippen molar-refractivity contribution >= 4 is 28.9 Å². The number of carbonyl (C=O) groups is 2. The lowest BCUT2D eigenvalue weighted by Crippen LogP contribution is -2.34. The Labute approximate surface area is 127 Å². The van der Waals surface area contributed by atoms with E-state index in [9.17, 15) is 14.9 Å². The summed E-state index contributed by atoms with van der Waals surface area (Å²) >= 11 is 1.21. The van der Waals surface area contributed by atoms with Crippen molar-refractivity contribution in [3.8, 4) is 6.07 Å². The van der Waals surface area contributed by atoms with Crippen molar-refractivity contribution < 1.29 is 14.3 Å². The second-order valence-corrected chi connectivity index (χ2v) is 6.13. The Hall–Kier alpha value is -1.87. The molecule has 0 saturated heterocycles. The molecule has 1 saturated carbocycles. The quantitative estimate of drug-likeness (QED) is 0.686. The molecule has 112 valence electrons. The summed E-state index contributed by atoms with van der Waals surface area (Å²) in [7, 11) is 1.30. The zero-order chi connectivity index (χ0) is 15.3. The average molecular weight is 306 g/mol. The lowest BCUT2D eigenvalue weighted by Gasteiger charge is -2.23. The summed E-state index contributed by atoms with van der Waals surface area (Å²) in [6, 6.07) is 3.87. The number of carbonyl (C=O) groups excluding carboxylic acids is 2. The van der Waals surface area contributed by atoms with Gasteiger partial charge in [-0.05, 0) is 24.3 Å². The number of methoxy groups -OCH3 is 1. The molecular formula is C15H18N2O3S. The van der Waals surface area contributed by atoms with Gasteiger partial charge in [0.05, 0.1) is 18.9 Å². The van der Waals surface area contributed by atoms with E-state index in [4.69, 9.17) is 0 Å². The van der Waals surface area contributed by atoms with Crippen LogP contribution in [-0.4, -0.2) is 19.0 Å². The van der Waals surface area contributed by atoms with Gasteiger partial charge in [-0.3, -0.25) is 4.79 Å². The number of nitrogens with zero attached hydrogens (tertiary/aromatic N) is 1. The molecule has 1 amide bonds. The van der Waals surface area contributed by atoms with Crippen LogP contribution < -0.4 is 5.32 Å². The number of rotatable bonds is 3. The molecule has 1 fully saturated rings. The molecule has 0 aromatic carbocycles. The van der Waals surface area contributed by atoms with E-state index in [1.807, 2.05) is 0 Å². The first kappa shape index (κ1) is 15.5. The minimum absolute atomic E-state index is 0.310. The summed E-state index contributed by atoms with van der Waals surface area (Å²) < 4.78 is 4.69. The number of ether oxygens (including phenoxy) is 1. The minimum Gasteiger partial charge on any atom is -0.465 e. The molecule has 1 aromatic heterocycles. The maximum absolute atomic E-state index is 12.6. The van der Waals surface area contributed by atoms with Crippen molar-refractivity contribution in [3.05, 3.63) is 16.3 Å². The van der Waals surface area contributed by atoms with Crippen LogP contribution >= 0.6 is 11.3 Å². The molecule has 0 spiro atoms. The molecule has 1 N–H and O–H groups in total. The highest BCUT2D eigenvalue weighted by Crippen LogP contribution is 2.36. The molecular weight excluding hydrogens is 288 g/mol. The number of esters is 1. The molecule has 0 aliphatic heterocycles. The van der Waals surface area contributed by atoms with Crippen molar-refractivity contribution in [3.63, 3.8) is 0 Å². The molecule has 0 radical (unpaired) electrons. The molecule has 1 aliphatic rings. The fourth-order valence-corrected chi connectivity index (χ4v) is 3.39. The van der Waals surface area contributed by atoms with Crippen molar-refractivity contribution in [2.24, 2.45) is 5.41 Å². The van der Waals surface area contributed by atoms with Crippen LogP contribution in [0.15, 0.2) is 11.4 Å². The van der Waals surface area contributed by atoms with E-state index in [-0.39, 0.29) is 5.91 Å². The molecule has 2 rings (SSSR count). The first-order chi connectivity index (χ1) is 10.1. The van der Waals surface area contributed by atoms with Gasteiger partial charge in [0, 0.05) is 0 Å². The zero-order valence-electron chi connectivity index (χ0n) is 12.0. The fraction of sp³-hybridized carbons (Fsp3) is 0.533. The van der Waals surface area contributed by atoms with Crippen molar-refractivity contribution in [2.75, 3.05) is 12.4 Å². The van der Waals surface area contributed by atoms with E-state index in [0.717, 1.165) is 25.7 Å². The lowest BCUT2D eigenvalue weighted by atomic mass is 9.81. The largest absolute Gasteiger partial charge is 0.465 e. The maximum Gasteiger partial charge on any atom is 0.350 e. The first-order valence-corrected chi connectivity index (χ1v) is 7.89. The van der Waals surface area contributed by atoms with Gasteiger partial charge in [-0.25, -0.2) is 4.79 Å². The molecule has 5 nitrogen and oxygen atoms in total. The number of nitriles is 1. The zero-order valence-corrected chi connectivity index (χ0v) is 12.8. The highest BCUT2D eigenvalue weighted by atomic mass is 32.1. The fourth-order valence-electron chi connectivity index (χ4n) is 2.62. The second-order valence-electron chi connectivity index (χ2n) is 5.22. The summed E-state index contributed by atoms with van der Waals surface area (Å²) in [5.41, 5.74) is -0.554. The van der Waals surface area contributed by atoms with E-state index in [0.29, 0.717) is 23.4 Å². The number of thiophene rings is 1. The van der Waals surface area contributed by atoms with Gasteiger partial charge < -0.3 is 10.1 Å². The molecule has 6 heteroatoms. The van der Waals surface area contributed by atoms with Crippen LogP contribution in [0.3, 0.4) is 0 Å². The molecule has 1 heterocycles. The van der Waals surface area contributed by atoms with Gasteiger partial charge in [0.25, 0.3) is 0 Å². The van der Waals surface area contributed by atoms with E-state index < -0.39 is 11.4 Å². The standard InChI is InChI=1S/C15H18N2O3S/c1-20-13(18)12-11(6-9-21-12)17-14(19)15(10-16)7-4-2-3-5-8-15/h6,9H,2-5,7-8H2,1H3,(H,17,19). The van der Waals surface area contributed by atoms with E-state index in [2.05, 4.69) is 16.1 Å². The number of hydrogen-bond donors (Lipinski definition) is 1. The third kappa shape index (κ3) is 3.24. The van der Waals surface area contributed by atoms with Crippen LogP contribution in [0.2, 0.25) is 0 Å². The van der Waals surface area contributed by atoms with Gasteiger partial charge in [0.1, 0.15) is 10.3 Å². The van der Waals surface area contributed by atoms with E-state index in [1.54, 1.807) is 11.4 Å². The Morgan fingerprint density at radius 3 is 2.57 bits per heavy atom. The van der Waals surface area contributed by atoms with Gasteiger partial charge in [-0.1, -0.05) is 25.7 Å². The Balaban J connectivity index is 2.18. The van der Waals surface area contributed by atoms with Crippen molar-refractivity contribution in [2.45, 2.75) is 38.5 Å². The normalized spacial score (nSPS) is 17.3. The van der Waals surface area contributed by atoms with Crippen LogP contribution in [-0.2, 0) is 9.53 Å². The topological polar surface area (TPSA) is 79.2 Å². The number of hydrogen-bond acceptors (Lipinski definition) is 5. The Kier molecular flexibility index (Phi) is 4.97. The number of amides is 1. The SMILES string of the molecule is COC(=O)c1sccc1NC(=O)C1(C#N)CCCCCC1. The molecule has 1 aromatic rings. The van der Waals surface area contributed by atoms with Gasteiger partial charge in [-0.2, -0.15) is 5.26 Å². The van der Waals surface area contributed by atoms with Gasteiger partial charge >= 0.3 is 5.97 Å². The van der Waals surface area contributed by atoms with Crippen molar-refractivity contribution in [1.82, 2.24) is 0 Å². The van der Waals surface area contributed by atoms with Gasteiger partial charge in [0.15, 0.2) is 0 Å². The minimum atomic E-state index is -0.980. The summed E-state index contributed by atoms with van der Waals surface area (Å²) in [5.74, 6) is -0.789. The Morgan fingerprint density at radius 1 is 1.33 bits per heavy atom. The molecule has 0 atom stereocenters. The monoisotopic (exact) mass is 306 g/mol. The molecule has 0 unspecified atom stereocenters. The Morgan fingerprint density at radius 2 is 2.00 bits per heavy atom. The summed E-state index contributed by atoms with van der Waals surface area (Å²) in [4.78, 5) is 24.5. The lowest BCUT2D eigenvalue weighted by molar-refractivity contribution is -0.123. The predicted octanol–water partition coefficient (Wildman–Crippen LogP) is 3.34. The predicted molar refractivity (Wildman–Crippen MR) is 80.0 cm³/mol. The number of nitrogens with one attached hydrogen (secondary N) is 1. The Bertz CT molecular complexity index is 566. The molecule has 1 aliphatic carbocycles. The summed E-state index contributed by atoms with van der Waals surface area (Å²) in [6.45, 7) is 0. The van der Waals surface area contributed by atoms with E-state index >= 15 is 0 Å². The highest BCUT2D eigenvalue weighted by Gasteiger charge is 2.39. The van der Waals surface area contributed by atoms with Crippen LogP contribution in [0.4, 0.5) is 5.69 Å². The van der Waals surface area contributed by atoms with Crippen LogP contribution in [0.1, 0.15) is 48.2 Å². The summed E-state index contributed by atoms with van der Waals surface area (Å²) in [6.07, 6.45) is 5.04. The second kappa shape index (κ2) is 6.72. The maximum atomic E-state index is 12.6. The van der Waals surface area contributed by atoms with Crippen LogP contribution in [0.5, 0.6) is 0 Å². The first-order valence-electron chi connectivity index (χ1n) is 7.01. The number of anilines is 1. The van der Waals surface area contributed by atoms with E-state index in [1.165, 1.54) is 18.4 Å². The molecule has 21 heavy (non-hydrogen) atoms. The van der Waals surface area contributed by atoms with Gasteiger partial charge in [0.2, 0.25) is 5.91 Å². The highest BCUT2D eigenvalue weighted by molar-refractivity contribution is 7.12. The summed E-state index contributed by atoms with van der Waals surface area (Å²) in [5, 5.41) is 13.9. The third-order valence-corrected chi connectivity index (χ3v) is 4.78. The average Bonchev–Trinajstić information content (AvgIpc) is 2.82. The van der Waals surface area contributed by atoms with Crippen LogP contribution in [0.25, 0.3) is 0 Å². The smallest absolute Gasteiger partial charge is 0.350 e. The van der Waals surface area contributed by atoms with Gasteiger partial charge in [-0.15, -0.1) is 11.3 Å². The third-order valence-electron chi connectivity index (χ3n) is 3.89. The molecule has 0 bridgehead atoms.